The molecule has 0 fully saturated rings. The lowest BCUT2D eigenvalue weighted by Crippen LogP contribution is -2.15. The van der Waals surface area contributed by atoms with Gasteiger partial charge in [0.2, 0.25) is 0 Å². The Labute approximate surface area is 239 Å². The molecule has 1 heteroatoms. The zero-order valence-corrected chi connectivity index (χ0v) is 23.1. The molecule has 0 aliphatic heterocycles. The van der Waals surface area contributed by atoms with Crippen LogP contribution in [0.2, 0.25) is 0 Å². The summed E-state index contributed by atoms with van der Waals surface area (Å²) in [6.45, 7) is 4.56. The minimum atomic E-state index is -0.190. The van der Waals surface area contributed by atoms with Gasteiger partial charge in [-0.1, -0.05) is 117 Å². The van der Waals surface area contributed by atoms with Gasteiger partial charge in [0.15, 0.2) is 0 Å². The third-order valence-corrected chi connectivity index (χ3v) is 9.06. The molecular formula is C40H27N. The van der Waals surface area contributed by atoms with E-state index in [1.165, 1.54) is 76.8 Å². The second-order valence-electron chi connectivity index (χ2n) is 11.7. The van der Waals surface area contributed by atoms with E-state index in [-0.39, 0.29) is 5.41 Å². The Morgan fingerprint density at radius 2 is 0.976 bits per heavy atom. The highest BCUT2D eigenvalue weighted by Crippen LogP contribution is 2.51. The minimum Gasteiger partial charge on any atom is -0.192 e. The minimum absolute atomic E-state index is 0.190. The van der Waals surface area contributed by atoms with Crippen LogP contribution in [-0.2, 0) is 5.41 Å². The highest BCUT2D eigenvalue weighted by molar-refractivity contribution is 6.21. The summed E-state index contributed by atoms with van der Waals surface area (Å²) >= 11 is 0. The highest BCUT2D eigenvalue weighted by atomic mass is 14.4. The van der Waals surface area contributed by atoms with Crippen molar-refractivity contribution >= 4 is 32.3 Å². The Hall–Kier alpha value is -5.19. The Kier molecular flexibility index (Phi) is 5.00. The molecule has 0 saturated heterocycles. The van der Waals surface area contributed by atoms with E-state index >= 15 is 0 Å². The average molecular weight is 522 g/mol. The van der Waals surface area contributed by atoms with Crippen molar-refractivity contribution < 1.29 is 0 Å². The molecule has 0 unspecified atom stereocenters. The van der Waals surface area contributed by atoms with Gasteiger partial charge in [-0.3, -0.25) is 0 Å². The molecule has 0 amide bonds. The van der Waals surface area contributed by atoms with E-state index in [1.54, 1.807) is 0 Å². The first-order valence-corrected chi connectivity index (χ1v) is 14.2. The van der Waals surface area contributed by atoms with Crippen LogP contribution in [0.1, 0.15) is 30.5 Å². The summed E-state index contributed by atoms with van der Waals surface area (Å²) in [6.07, 6.45) is 0. The Bertz CT molecular complexity index is 2190. The normalized spacial score (nSPS) is 13.3. The lowest BCUT2D eigenvalue weighted by atomic mass is 9.80. The van der Waals surface area contributed by atoms with Gasteiger partial charge in [0.1, 0.15) is 0 Å². The first-order chi connectivity index (χ1) is 20.0. The van der Waals surface area contributed by atoms with Crippen LogP contribution in [0.25, 0.3) is 65.7 Å². The monoisotopic (exact) mass is 521 g/mol. The van der Waals surface area contributed by atoms with Crippen LogP contribution in [0.4, 0.5) is 0 Å². The van der Waals surface area contributed by atoms with Crippen molar-refractivity contribution in [1.82, 2.24) is 0 Å². The second kappa shape index (κ2) is 8.65. The summed E-state index contributed by atoms with van der Waals surface area (Å²) in [4.78, 5) is 0. The van der Waals surface area contributed by atoms with Crippen molar-refractivity contribution in [2.75, 3.05) is 0 Å². The van der Waals surface area contributed by atoms with Gasteiger partial charge >= 0.3 is 0 Å². The molecular weight excluding hydrogens is 494 g/mol. The van der Waals surface area contributed by atoms with Crippen molar-refractivity contribution in [2.45, 2.75) is 19.3 Å². The third-order valence-electron chi connectivity index (χ3n) is 9.06. The second-order valence-corrected chi connectivity index (χ2v) is 11.7. The molecule has 0 bridgehead atoms. The van der Waals surface area contributed by atoms with Crippen LogP contribution >= 0.6 is 0 Å². The van der Waals surface area contributed by atoms with Crippen molar-refractivity contribution in [3.05, 3.63) is 144 Å². The van der Waals surface area contributed by atoms with Gasteiger partial charge in [-0.25, -0.2) is 0 Å². The lowest BCUT2D eigenvalue weighted by Gasteiger charge is -2.23. The van der Waals surface area contributed by atoms with E-state index in [4.69, 9.17) is 0 Å². The summed E-state index contributed by atoms with van der Waals surface area (Å²) in [5, 5.41) is 17.1. The van der Waals surface area contributed by atoms with Crippen LogP contribution in [0, 0.1) is 11.3 Å². The van der Waals surface area contributed by atoms with E-state index in [1.807, 2.05) is 6.07 Å². The molecule has 7 aromatic rings. The number of hydrogen-bond donors (Lipinski definition) is 0. The molecule has 0 aromatic heterocycles. The molecule has 1 nitrogen and oxygen atoms in total. The molecule has 0 heterocycles. The van der Waals surface area contributed by atoms with Gasteiger partial charge in [0, 0.05) is 5.41 Å². The van der Waals surface area contributed by atoms with Crippen LogP contribution in [0.3, 0.4) is 0 Å². The summed E-state index contributed by atoms with van der Waals surface area (Å²) in [5.41, 5.74) is 10.6. The van der Waals surface area contributed by atoms with E-state index in [0.717, 1.165) is 0 Å². The summed E-state index contributed by atoms with van der Waals surface area (Å²) in [5.74, 6) is 0. The first kappa shape index (κ1) is 23.7. The zero-order valence-electron chi connectivity index (χ0n) is 23.1. The molecule has 192 valence electrons. The van der Waals surface area contributed by atoms with Gasteiger partial charge in [-0.2, -0.15) is 5.26 Å². The van der Waals surface area contributed by atoms with E-state index in [0.29, 0.717) is 5.56 Å². The number of hydrogen-bond acceptors (Lipinski definition) is 1. The summed E-state index contributed by atoms with van der Waals surface area (Å²) in [7, 11) is 0. The molecule has 7 aromatic carbocycles. The number of fused-ring (bicyclic) bond motifs is 6. The largest absolute Gasteiger partial charge is 0.192 e. The average Bonchev–Trinajstić information content (AvgIpc) is 3.24. The molecule has 0 atom stereocenters. The standard InChI is InChI=1S/C40H27N/c1-40(2)36-21-25(24-41)15-19-30(36)31-20-18-29(23-37(31)40)39-34-13-7-5-11-32(34)38(33-12-6-8-14-35(33)39)28-17-16-26-9-3-4-10-27(26)22-28/h3-23H,1-2H3. The number of benzene rings is 7. The molecule has 1 aliphatic carbocycles. The molecule has 1 aliphatic rings. The first-order valence-electron chi connectivity index (χ1n) is 14.2. The van der Waals surface area contributed by atoms with Gasteiger partial charge in [-0.15, -0.1) is 0 Å². The van der Waals surface area contributed by atoms with E-state index < -0.39 is 0 Å². The molecule has 0 spiro atoms. The Morgan fingerprint density at radius 1 is 0.488 bits per heavy atom. The Morgan fingerprint density at radius 3 is 1.59 bits per heavy atom. The summed E-state index contributed by atoms with van der Waals surface area (Å²) < 4.78 is 0. The third kappa shape index (κ3) is 3.41. The fraction of sp³-hybridized carbons (Fsp3) is 0.0750. The van der Waals surface area contributed by atoms with Crippen LogP contribution in [0.5, 0.6) is 0 Å². The predicted molar refractivity (Wildman–Crippen MR) is 172 cm³/mol. The SMILES string of the molecule is CC1(C)c2cc(C#N)ccc2-c2ccc(-c3c4ccccc4c(-c4ccc5ccccc5c4)c4ccccc34)cc21. The van der Waals surface area contributed by atoms with E-state index in [2.05, 4.69) is 141 Å². The molecule has 0 radical (unpaired) electrons. The maximum absolute atomic E-state index is 9.56. The molecule has 0 N–H and O–H groups in total. The fourth-order valence-electron chi connectivity index (χ4n) is 7.06. The van der Waals surface area contributed by atoms with Crippen molar-refractivity contribution in [3.8, 4) is 39.4 Å². The highest BCUT2D eigenvalue weighted by Gasteiger charge is 2.36. The fourth-order valence-corrected chi connectivity index (χ4v) is 7.06. The quantitative estimate of drug-likeness (QED) is 0.208. The maximum atomic E-state index is 9.56. The number of nitriles is 1. The summed E-state index contributed by atoms with van der Waals surface area (Å²) in [6, 6.07) is 48.5. The van der Waals surface area contributed by atoms with Crippen LogP contribution in [-0.4, -0.2) is 0 Å². The Balaban J connectivity index is 1.41. The molecule has 8 rings (SSSR count). The topological polar surface area (TPSA) is 23.8 Å². The van der Waals surface area contributed by atoms with Crippen LogP contribution in [0.15, 0.2) is 127 Å². The lowest BCUT2D eigenvalue weighted by molar-refractivity contribution is 0.660. The van der Waals surface area contributed by atoms with Gasteiger partial charge < -0.3 is 0 Å². The zero-order chi connectivity index (χ0) is 27.7. The van der Waals surface area contributed by atoms with Gasteiger partial charge in [0.25, 0.3) is 0 Å². The van der Waals surface area contributed by atoms with E-state index in [9.17, 15) is 5.26 Å². The van der Waals surface area contributed by atoms with Crippen LogP contribution < -0.4 is 0 Å². The van der Waals surface area contributed by atoms with Crippen molar-refractivity contribution in [1.29, 1.82) is 5.26 Å². The van der Waals surface area contributed by atoms with Gasteiger partial charge in [-0.05, 0) is 101 Å². The maximum Gasteiger partial charge on any atom is 0.0991 e. The predicted octanol–water partition coefficient (Wildman–Crippen LogP) is 10.7. The molecule has 41 heavy (non-hydrogen) atoms. The molecule has 0 saturated carbocycles. The smallest absolute Gasteiger partial charge is 0.0991 e. The number of nitrogens with zero attached hydrogens (tertiary/aromatic N) is 1. The number of rotatable bonds is 2. The van der Waals surface area contributed by atoms with Gasteiger partial charge in [0.05, 0.1) is 11.6 Å². The van der Waals surface area contributed by atoms with Crippen molar-refractivity contribution in [2.24, 2.45) is 0 Å². The van der Waals surface area contributed by atoms with Crippen molar-refractivity contribution in [3.63, 3.8) is 0 Å².